The number of hydrogen-bond acceptors (Lipinski definition) is 2. The van der Waals surface area contributed by atoms with Gasteiger partial charge in [-0.1, -0.05) is 25.4 Å². The molecule has 1 aromatic rings. The van der Waals surface area contributed by atoms with E-state index in [0.29, 0.717) is 23.2 Å². The summed E-state index contributed by atoms with van der Waals surface area (Å²) < 4.78 is 0. The van der Waals surface area contributed by atoms with Crippen molar-refractivity contribution in [2.24, 2.45) is 5.92 Å². The molecular weight excluding hydrogens is 200 g/mol. The second-order valence-corrected chi connectivity index (χ2v) is 3.90. The Morgan fingerprint density at radius 2 is 2.36 bits per heavy atom. The van der Waals surface area contributed by atoms with Crippen molar-refractivity contribution in [1.82, 2.24) is 4.98 Å². The zero-order valence-corrected chi connectivity index (χ0v) is 9.01. The van der Waals surface area contributed by atoms with E-state index >= 15 is 0 Å². The molecule has 14 heavy (non-hydrogen) atoms. The molecule has 0 saturated heterocycles. The van der Waals surface area contributed by atoms with Crippen molar-refractivity contribution in [3.05, 3.63) is 23.5 Å². The normalized spacial score (nSPS) is 10.3. The SMILES string of the molecule is CC(C)CC(=O)Nc1ccnc(Cl)c1. The Morgan fingerprint density at radius 3 is 2.93 bits per heavy atom. The fraction of sp³-hybridized carbons (Fsp3) is 0.400. The lowest BCUT2D eigenvalue weighted by molar-refractivity contribution is -0.116. The van der Waals surface area contributed by atoms with Crippen LogP contribution in [0, 0.1) is 5.92 Å². The second kappa shape index (κ2) is 4.96. The van der Waals surface area contributed by atoms with Crippen molar-refractivity contribution in [2.45, 2.75) is 20.3 Å². The molecule has 0 aromatic carbocycles. The van der Waals surface area contributed by atoms with Crippen LogP contribution in [0.1, 0.15) is 20.3 Å². The lowest BCUT2D eigenvalue weighted by Crippen LogP contribution is -2.13. The Bertz CT molecular complexity index is 326. The molecule has 1 amide bonds. The van der Waals surface area contributed by atoms with E-state index in [4.69, 9.17) is 11.6 Å². The van der Waals surface area contributed by atoms with Gasteiger partial charge in [0.25, 0.3) is 0 Å². The fourth-order valence-corrected chi connectivity index (χ4v) is 1.24. The second-order valence-electron chi connectivity index (χ2n) is 3.51. The number of anilines is 1. The molecular formula is C10H13ClN2O. The van der Waals surface area contributed by atoms with Gasteiger partial charge in [0.2, 0.25) is 5.91 Å². The molecule has 0 saturated carbocycles. The molecule has 4 heteroatoms. The molecule has 3 nitrogen and oxygen atoms in total. The summed E-state index contributed by atoms with van der Waals surface area (Å²) in [6.45, 7) is 4.00. The molecule has 1 heterocycles. The molecule has 0 radical (unpaired) electrons. The zero-order valence-electron chi connectivity index (χ0n) is 8.25. The highest BCUT2D eigenvalue weighted by Crippen LogP contribution is 2.12. The number of aromatic nitrogens is 1. The molecule has 0 bridgehead atoms. The van der Waals surface area contributed by atoms with Crippen LogP contribution in [0.15, 0.2) is 18.3 Å². The van der Waals surface area contributed by atoms with Crippen LogP contribution in [0.5, 0.6) is 0 Å². The van der Waals surface area contributed by atoms with Crippen molar-refractivity contribution >= 4 is 23.2 Å². The first-order valence-electron chi connectivity index (χ1n) is 4.49. The van der Waals surface area contributed by atoms with Gasteiger partial charge < -0.3 is 5.32 Å². The summed E-state index contributed by atoms with van der Waals surface area (Å²) >= 11 is 5.67. The van der Waals surface area contributed by atoms with E-state index in [0.717, 1.165) is 0 Å². The summed E-state index contributed by atoms with van der Waals surface area (Å²) in [5, 5.41) is 3.13. The largest absolute Gasteiger partial charge is 0.326 e. The number of pyridine rings is 1. The Morgan fingerprint density at radius 1 is 1.64 bits per heavy atom. The van der Waals surface area contributed by atoms with Crippen LogP contribution in [0.2, 0.25) is 5.15 Å². The number of nitrogens with zero attached hydrogens (tertiary/aromatic N) is 1. The van der Waals surface area contributed by atoms with Crippen LogP contribution in [-0.2, 0) is 4.79 Å². The number of nitrogens with one attached hydrogen (secondary N) is 1. The lowest BCUT2D eigenvalue weighted by atomic mass is 10.1. The van der Waals surface area contributed by atoms with Gasteiger partial charge in [0.1, 0.15) is 5.15 Å². The monoisotopic (exact) mass is 212 g/mol. The molecule has 0 fully saturated rings. The summed E-state index contributed by atoms with van der Waals surface area (Å²) in [5.41, 5.74) is 0.690. The Hall–Kier alpha value is -1.09. The number of carbonyl (C=O) groups excluding carboxylic acids is 1. The van der Waals surface area contributed by atoms with Gasteiger partial charge in [0, 0.05) is 18.3 Å². The van der Waals surface area contributed by atoms with Crippen LogP contribution in [0.4, 0.5) is 5.69 Å². The minimum atomic E-state index is 0.00210. The predicted octanol–water partition coefficient (Wildman–Crippen LogP) is 2.72. The van der Waals surface area contributed by atoms with E-state index in [1.807, 2.05) is 13.8 Å². The number of carbonyl (C=O) groups is 1. The van der Waals surface area contributed by atoms with Crippen molar-refractivity contribution in [3.63, 3.8) is 0 Å². The third-order valence-corrected chi connectivity index (χ3v) is 1.81. The molecule has 0 aliphatic carbocycles. The molecule has 0 aliphatic heterocycles. The van der Waals surface area contributed by atoms with Crippen molar-refractivity contribution < 1.29 is 4.79 Å². The molecule has 1 N–H and O–H groups in total. The average molecular weight is 213 g/mol. The molecule has 1 rings (SSSR count). The van der Waals surface area contributed by atoms with Crippen molar-refractivity contribution in [1.29, 1.82) is 0 Å². The van der Waals surface area contributed by atoms with Crippen LogP contribution in [-0.4, -0.2) is 10.9 Å². The summed E-state index contributed by atoms with van der Waals surface area (Å²) in [4.78, 5) is 15.2. The van der Waals surface area contributed by atoms with E-state index in [2.05, 4.69) is 10.3 Å². The van der Waals surface area contributed by atoms with Gasteiger partial charge in [0.05, 0.1) is 0 Å². The smallest absolute Gasteiger partial charge is 0.224 e. The third-order valence-electron chi connectivity index (χ3n) is 1.60. The summed E-state index contributed by atoms with van der Waals surface area (Å²) in [7, 11) is 0. The molecule has 0 atom stereocenters. The van der Waals surface area contributed by atoms with E-state index in [1.54, 1.807) is 18.3 Å². The number of halogens is 1. The Balaban J connectivity index is 2.56. The van der Waals surface area contributed by atoms with Gasteiger partial charge in [-0.05, 0) is 18.1 Å². The molecule has 1 aromatic heterocycles. The third kappa shape index (κ3) is 3.75. The van der Waals surface area contributed by atoms with Gasteiger partial charge in [0.15, 0.2) is 0 Å². The highest BCUT2D eigenvalue weighted by Gasteiger charge is 2.05. The van der Waals surface area contributed by atoms with Gasteiger partial charge in [-0.25, -0.2) is 4.98 Å². The van der Waals surface area contributed by atoms with Gasteiger partial charge in [-0.3, -0.25) is 4.79 Å². The van der Waals surface area contributed by atoms with Crippen molar-refractivity contribution in [2.75, 3.05) is 5.32 Å². The first-order chi connectivity index (χ1) is 6.58. The maximum atomic E-state index is 11.4. The van der Waals surface area contributed by atoms with Gasteiger partial charge >= 0.3 is 0 Å². The Kier molecular flexibility index (Phi) is 3.89. The van der Waals surface area contributed by atoms with E-state index in [1.165, 1.54) is 0 Å². The first-order valence-corrected chi connectivity index (χ1v) is 4.87. The Labute approximate surface area is 88.5 Å². The predicted molar refractivity (Wildman–Crippen MR) is 57.3 cm³/mol. The summed E-state index contributed by atoms with van der Waals surface area (Å²) in [6.07, 6.45) is 2.08. The lowest BCUT2D eigenvalue weighted by Gasteiger charge is -2.06. The number of rotatable bonds is 3. The first kappa shape index (κ1) is 11.0. The van der Waals surface area contributed by atoms with Gasteiger partial charge in [-0.15, -0.1) is 0 Å². The van der Waals surface area contributed by atoms with E-state index in [-0.39, 0.29) is 5.91 Å². The minimum Gasteiger partial charge on any atom is -0.326 e. The zero-order chi connectivity index (χ0) is 10.6. The molecule has 0 spiro atoms. The number of amides is 1. The topological polar surface area (TPSA) is 42.0 Å². The maximum absolute atomic E-state index is 11.4. The highest BCUT2D eigenvalue weighted by atomic mass is 35.5. The van der Waals surface area contributed by atoms with Crippen LogP contribution >= 0.6 is 11.6 Å². The maximum Gasteiger partial charge on any atom is 0.224 e. The number of hydrogen-bond donors (Lipinski definition) is 1. The standard InChI is InChI=1S/C10H13ClN2O/c1-7(2)5-10(14)13-8-3-4-12-9(11)6-8/h3-4,6-7H,5H2,1-2H3,(H,12,13,14). The van der Waals surface area contributed by atoms with Crippen LogP contribution in [0.3, 0.4) is 0 Å². The molecule has 76 valence electrons. The molecule has 0 aliphatic rings. The minimum absolute atomic E-state index is 0.00210. The summed E-state index contributed by atoms with van der Waals surface area (Å²) in [5.74, 6) is 0.356. The molecule has 0 unspecified atom stereocenters. The van der Waals surface area contributed by atoms with Gasteiger partial charge in [-0.2, -0.15) is 0 Å². The fourth-order valence-electron chi connectivity index (χ4n) is 1.06. The van der Waals surface area contributed by atoms with Crippen molar-refractivity contribution in [3.8, 4) is 0 Å². The van der Waals surface area contributed by atoms with Crippen LogP contribution < -0.4 is 5.32 Å². The van der Waals surface area contributed by atoms with Crippen LogP contribution in [0.25, 0.3) is 0 Å². The summed E-state index contributed by atoms with van der Waals surface area (Å²) in [6, 6.07) is 3.34. The van der Waals surface area contributed by atoms with E-state index < -0.39 is 0 Å². The van der Waals surface area contributed by atoms with E-state index in [9.17, 15) is 4.79 Å². The highest BCUT2D eigenvalue weighted by molar-refractivity contribution is 6.29. The quantitative estimate of drug-likeness (QED) is 0.783. The average Bonchev–Trinajstić information content (AvgIpc) is 2.01.